The minimum Gasteiger partial charge on any atom is -0.496 e. The first-order valence-corrected chi connectivity index (χ1v) is 5.55. The van der Waals surface area contributed by atoms with Crippen molar-refractivity contribution in [2.24, 2.45) is 0 Å². The molecule has 0 amide bonds. The maximum Gasteiger partial charge on any atom is 0.128 e. The molecule has 2 rings (SSSR count). The van der Waals surface area contributed by atoms with E-state index in [0.717, 1.165) is 27.8 Å². The molecule has 0 unspecified atom stereocenters. The first-order valence-electron chi connectivity index (χ1n) is 5.55. The minimum atomic E-state index is 0.0391. The molecule has 0 atom stereocenters. The Hall–Kier alpha value is -1.74. The molecule has 0 saturated carbocycles. The Balaban J connectivity index is 2.85. The highest BCUT2D eigenvalue weighted by Gasteiger charge is 2.11. The van der Waals surface area contributed by atoms with Crippen LogP contribution in [0.4, 0.5) is 5.69 Å². The van der Waals surface area contributed by atoms with Crippen molar-refractivity contribution in [2.45, 2.75) is 6.61 Å². The lowest BCUT2D eigenvalue weighted by Crippen LogP contribution is -2.10. The Morgan fingerprint density at radius 3 is 2.53 bits per heavy atom. The van der Waals surface area contributed by atoms with Gasteiger partial charge in [-0.3, -0.25) is 0 Å². The second-order valence-electron chi connectivity index (χ2n) is 4.18. The van der Waals surface area contributed by atoms with Gasteiger partial charge in [0.2, 0.25) is 0 Å². The summed E-state index contributed by atoms with van der Waals surface area (Å²) in [6.07, 6.45) is 0. The normalized spacial score (nSPS) is 10.6. The largest absolute Gasteiger partial charge is 0.496 e. The number of ether oxygens (including phenoxy) is 1. The van der Waals surface area contributed by atoms with E-state index in [1.807, 2.05) is 49.3 Å². The highest BCUT2D eigenvalue weighted by Crippen LogP contribution is 2.35. The van der Waals surface area contributed by atoms with Gasteiger partial charge in [0.05, 0.1) is 13.7 Å². The molecule has 0 saturated heterocycles. The predicted molar refractivity (Wildman–Crippen MR) is 70.7 cm³/mol. The zero-order valence-corrected chi connectivity index (χ0v) is 10.4. The second-order valence-corrected chi connectivity index (χ2v) is 4.18. The molecule has 0 aliphatic rings. The van der Waals surface area contributed by atoms with Crippen LogP contribution < -0.4 is 9.64 Å². The van der Waals surface area contributed by atoms with Crippen LogP contribution in [0.15, 0.2) is 30.3 Å². The number of fused-ring (bicyclic) bond motifs is 1. The number of methoxy groups -OCH3 is 1. The van der Waals surface area contributed by atoms with Crippen molar-refractivity contribution in [1.29, 1.82) is 0 Å². The van der Waals surface area contributed by atoms with Crippen LogP contribution in [0.3, 0.4) is 0 Å². The molecule has 3 nitrogen and oxygen atoms in total. The van der Waals surface area contributed by atoms with Gasteiger partial charge >= 0.3 is 0 Å². The molecule has 0 heterocycles. The smallest absolute Gasteiger partial charge is 0.128 e. The zero-order valence-electron chi connectivity index (χ0n) is 10.4. The Morgan fingerprint density at radius 1 is 1.18 bits per heavy atom. The van der Waals surface area contributed by atoms with Crippen molar-refractivity contribution < 1.29 is 9.84 Å². The number of benzene rings is 2. The van der Waals surface area contributed by atoms with Gasteiger partial charge in [0.25, 0.3) is 0 Å². The van der Waals surface area contributed by atoms with Gasteiger partial charge in [0.15, 0.2) is 0 Å². The maximum absolute atomic E-state index is 9.37. The second kappa shape index (κ2) is 4.63. The van der Waals surface area contributed by atoms with Gasteiger partial charge in [0.1, 0.15) is 5.75 Å². The summed E-state index contributed by atoms with van der Waals surface area (Å²) in [5.41, 5.74) is 2.01. The third-order valence-corrected chi connectivity index (χ3v) is 2.94. The van der Waals surface area contributed by atoms with Crippen LogP contribution in [0.1, 0.15) is 5.56 Å². The Kier molecular flexibility index (Phi) is 3.20. The molecule has 3 heteroatoms. The SMILES string of the molecule is COc1cccc2c(CO)ccc(N(C)C)c12. The molecular weight excluding hydrogens is 214 g/mol. The number of rotatable bonds is 3. The Labute approximate surface area is 101 Å². The lowest BCUT2D eigenvalue weighted by Gasteiger charge is -2.19. The fourth-order valence-electron chi connectivity index (χ4n) is 2.10. The standard InChI is InChI=1S/C14H17NO2/c1-15(2)12-8-7-10(9-16)11-5-4-6-13(17-3)14(11)12/h4-8,16H,9H2,1-3H3. The van der Waals surface area contributed by atoms with Gasteiger partial charge in [-0.2, -0.15) is 0 Å². The van der Waals surface area contributed by atoms with Crippen LogP contribution in [0.5, 0.6) is 5.75 Å². The lowest BCUT2D eigenvalue weighted by molar-refractivity contribution is 0.283. The summed E-state index contributed by atoms with van der Waals surface area (Å²) in [6.45, 7) is 0.0391. The number of anilines is 1. The number of aliphatic hydroxyl groups is 1. The van der Waals surface area contributed by atoms with Gasteiger partial charge in [-0.15, -0.1) is 0 Å². The van der Waals surface area contributed by atoms with Crippen molar-refractivity contribution in [2.75, 3.05) is 26.1 Å². The number of nitrogens with zero attached hydrogens (tertiary/aromatic N) is 1. The van der Waals surface area contributed by atoms with E-state index in [1.54, 1.807) is 7.11 Å². The summed E-state index contributed by atoms with van der Waals surface area (Å²) in [5, 5.41) is 11.5. The molecule has 0 fully saturated rings. The first-order chi connectivity index (χ1) is 8.19. The third kappa shape index (κ3) is 1.94. The number of aliphatic hydroxyl groups excluding tert-OH is 1. The van der Waals surface area contributed by atoms with E-state index in [9.17, 15) is 5.11 Å². The van der Waals surface area contributed by atoms with Crippen molar-refractivity contribution >= 4 is 16.5 Å². The summed E-state index contributed by atoms with van der Waals surface area (Å²) < 4.78 is 5.41. The Morgan fingerprint density at radius 2 is 1.94 bits per heavy atom. The summed E-state index contributed by atoms with van der Waals surface area (Å²) >= 11 is 0. The molecule has 0 bridgehead atoms. The summed E-state index contributed by atoms with van der Waals surface area (Å²) in [6, 6.07) is 9.86. The molecule has 2 aromatic carbocycles. The van der Waals surface area contributed by atoms with Gasteiger partial charge in [0, 0.05) is 25.2 Å². The predicted octanol–water partition coefficient (Wildman–Crippen LogP) is 2.41. The van der Waals surface area contributed by atoms with Crippen LogP contribution in [0.2, 0.25) is 0 Å². The number of hydrogen-bond donors (Lipinski definition) is 1. The summed E-state index contributed by atoms with van der Waals surface area (Å²) in [4.78, 5) is 2.05. The van der Waals surface area contributed by atoms with E-state index >= 15 is 0 Å². The molecule has 17 heavy (non-hydrogen) atoms. The Bertz CT molecular complexity index is 535. The quantitative estimate of drug-likeness (QED) is 0.880. The molecular formula is C14H17NO2. The average Bonchev–Trinajstić information content (AvgIpc) is 2.36. The van der Waals surface area contributed by atoms with Crippen molar-refractivity contribution in [3.63, 3.8) is 0 Å². The molecule has 0 aliphatic heterocycles. The fourth-order valence-corrected chi connectivity index (χ4v) is 2.10. The molecule has 2 aromatic rings. The van der Waals surface area contributed by atoms with Gasteiger partial charge in [-0.05, 0) is 23.1 Å². The van der Waals surface area contributed by atoms with Crippen LogP contribution in [-0.4, -0.2) is 26.3 Å². The maximum atomic E-state index is 9.37. The molecule has 90 valence electrons. The molecule has 0 radical (unpaired) electrons. The van der Waals surface area contributed by atoms with E-state index in [0.29, 0.717) is 0 Å². The van der Waals surface area contributed by atoms with Crippen LogP contribution in [0, 0.1) is 0 Å². The average molecular weight is 231 g/mol. The van der Waals surface area contributed by atoms with E-state index < -0.39 is 0 Å². The fraction of sp³-hybridized carbons (Fsp3) is 0.286. The molecule has 1 N–H and O–H groups in total. The van der Waals surface area contributed by atoms with Gasteiger partial charge in [-0.25, -0.2) is 0 Å². The minimum absolute atomic E-state index is 0.0391. The number of hydrogen-bond acceptors (Lipinski definition) is 3. The van der Waals surface area contributed by atoms with Crippen LogP contribution in [0.25, 0.3) is 10.8 Å². The van der Waals surface area contributed by atoms with E-state index in [4.69, 9.17) is 4.74 Å². The summed E-state index contributed by atoms with van der Waals surface area (Å²) in [7, 11) is 5.67. The highest BCUT2D eigenvalue weighted by atomic mass is 16.5. The first kappa shape index (κ1) is 11.7. The van der Waals surface area contributed by atoms with Crippen LogP contribution >= 0.6 is 0 Å². The van der Waals surface area contributed by atoms with E-state index in [2.05, 4.69) is 0 Å². The highest BCUT2D eigenvalue weighted by molar-refractivity contribution is 6.00. The molecule has 0 aliphatic carbocycles. The van der Waals surface area contributed by atoms with Crippen molar-refractivity contribution in [3.8, 4) is 5.75 Å². The van der Waals surface area contributed by atoms with Crippen LogP contribution in [-0.2, 0) is 6.61 Å². The van der Waals surface area contributed by atoms with Crippen molar-refractivity contribution in [3.05, 3.63) is 35.9 Å². The molecule has 0 aromatic heterocycles. The van der Waals surface area contributed by atoms with Gasteiger partial charge in [-0.1, -0.05) is 18.2 Å². The third-order valence-electron chi connectivity index (χ3n) is 2.94. The monoisotopic (exact) mass is 231 g/mol. The van der Waals surface area contributed by atoms with E-state index in [1.165, 1.54) is 0 Å². The van der Waals surface area contributed by atoms with E-state index in [-0.39, 0.29) is 6.61 Å². The zero-order chi connectivity index (χ0) is 12.4. The topological polar surface area (TPSA) is 32.7 Å². The summed E-state index contributed by atoms with van der Waals surface area (Å²) in [5.74, 6) is 0.835. The van der Waals surface area contributed by atoms with Crippen molar-refractivity contribution in [1.82, 2.24) is 0 Å². The lowest BCUT2D eigenvalue weighted by atomic mass is 10.0. The van der Waals surface area contributed by atoms with Gasteiger partial charge < -0.3 is 14.7 Å². The molecule has 0 spiro atoms.